The second-order valence-corrected chi connectivity index (χ2v) is 6.44. The van der Waals surface area contributed by atoms with E-state index in [9.17, 15) is 4.79 Å². The number of aromatic nitrogens is 1. The molecule has 1 atom stereocenters. The molecule has 23 heavy (non-hydrogen) atoms. The summed E-state index contributed by atoms with van der Waals surface area (Å²) in [4.78, 5) is 18.7. The quantitative estimate of drug-likeness (QED) is 0.814. The van der Waals surface area contributed by atoms with Crippen molar-refractivity contribution in [3.63, 3.8) is 0 Å². The van der Waals surface area contributed by atoms with Crippen LogP contribution in [-0.4, -0.2) is 22.3 Å². The van der Waals surface area contributed by atoms with Crippen molar-refractivity contribution in [3.05, 3.63) is 64.9 Å². The summed E-state index contributed by atoms with van der Waals surface area (Å²) >= 11 is 5.89. The summed E-state index contributed by atoms with van der Waals surface area (Å²) in [6.45, 7) is 0.868. The van der Waals surface area contributed by atoms with Crippen LogP contribution in [0.1, 0.15) is 42.9 Å². The lowest BCUT2D eigenvalue weighted by molar-refractivity contribution is -0.132. The predicted octanol–water partition coefficient (Wildman–Crippen LogP) is 4.42. The first-order valence-electron chi connectivity index (χ1n) is 8.18. The summed E-state index contributed by atoms with van der Waals surface area (Å²) in [6.07, 6.45) is 8.12. The number of rotatable bonds is 5. The van der Waals surface area contributed by atoms with Crippen LogP contribution in [0.15, 0.2) is 48.8 Å². The molecule has 2 heterocycles. The number of hydrogen-bond acceptors (Lipinski definition) is 2. The van der Waals surface area contributed by atoms with Crippen molar-refractivity contribution >= 4 is 17.5 Å². The molecule has 1 amide bonds. The van der Waals surface area contributed by atoms with Gasteiger partial charge in [0.05, 0.1) is 6.04 Å². The van der Waals surface area contributed by atoms with Crippen molar-refractivity contribution in [2.75, 3.05) is 6.54 Å². The van der Waals surface area contributed by atoms with Crippen molar-refractivity contribution in [3.8, 4) is 0 Å². The van der Waals surface area contributed by atoms with E-state index >= 15 is 0 Å². The number of carbonyl (C=O) groups excluding carboxylic acids is 1. The van der Waals surface area contributed by atoms with Crippen molar-refractivity contribution < 1.29 is 4.79 Å². The maximum Gasteiger partial charge on any atom is 0.223 e. The van der Waals surface area contributed by atoms with Crippen LogP contribution in [0.2, 0.25) is 5.02 Å². The minimum atomic E-state index is 0.223. The molecule has 3 nitrogen and oxygen atoms in total. The Bertz CT molecular complexity index is 642. The summed E-state index contributed by atoms with van der Waals surface area (Å²) in [5, 5.41) is 0.752. The van der Waals surface area contributed by atoms with E-state index in [4.69, 9.17) is 11.6 Å². The zero-order valence-corrected chi connectivity index (χ0v) is 13.9. The van der Waals surface area contributed by atoms with E-state index in [1.165, 1.54) is 11.1 Å². The van der Waals surface area contributed by atoms with Gasteiger partial charge in [-0.1, -0.05) is 23.7 Å². The molecular formula is C19H21ClN2O. The zero-order valence-electron chi connectivity index (χ0n) is 13.1. The van der Waals surface area contributed by atoms with E-state index in [1.807, 2.05) is 41.3 Å². The highest BCUT2D eigenvalue weighted by Crippen LogP contribution is 2.32. The van der Waals surface area contributed by atoms with Crippen LogP contribution in [0.25, 0.3) is 0 Å². The second-order valence-electron chi connectivity index (χ2n) is 6.01. The average Bonchev–Trinajstić information content (AvgIpc) is 3.07. The molecule has 1 aromatic heterocycles. The Morgan fingerprint density at radius 2 is 1.91 bits per heavy atom. The van der Waals surface area contributed by atoms with Gasteiger partial charge < -0.3 is 4.90 Å². The molecule has 1 aliphatic heterocycles. The first-order valence-corrected chi connectivity index (χ1v) is 8.55. The lowest BCUT2D eigenvalue weighted by Crippen LogP contribution is -2.30. The molecule has 1 unspecified atom stereocenters. The van der Waals surface area contributed by atoms with E-state index in [-0.39, 0.29) is 11.9 Å². The van der Waals surface area contributed by atoms with Gasteiger partial charge in [-0.15, -0.1) is 0 Å². The molecule has 4 heteroatoms. The van der Waals surface area contributed by atoms with Crippen molar-refractivity contribution in [2.24, 2.45) is 0 Å². The third-order valence-electron chi connectivity index (χ3n) is 4.43. The third kappa shape index (κ3) is 4.11. The minimum Gasteiger partial charge on any atom is -0.336 e. The fourth-order valence-electron chi connectivity index (χ4n) is 3.24. The van der Waals surface area contributed by atoms with Crippen molar-refractivity contribution in [2.45, 2.75) is 38.1 Å². The fraction of sp³-hybridized carbons (Fsp3) is 0.368. The summed E-state index contributed by atoms with van der Waals surface area (Å²) in [5.74, 6) is 0.262. The van der Waals surface area contributed by atoms with Crippen molar-refractivity contribution in [1.82, 2.24) is 9.88 Å². The Labute approximate surface area is 142 Å². The number of likely N-dealkylation sites (tertiary alicyclic amines) is 1. The van der Waals surface area contributed by atoms with E-state index in [2.05, 4.69) is 4.98 Å². The number of amides is 1. The summed E-state index contributed by atoms with van der Waals surface area (Å²) in [6, 6.07) is 12.1. The van der Waals surface area contributed by atoms with Gasteiger partial charge in [0.25, 0.3) is 0 Å². The molecule has 0 spiro atoms. The average molecular weight is 329 g/mol. The van der Waals surface area contributed by atoms with Gasteiger partial charge in [0.15, 0.2) is 0 Å². The van der Waals surface area contributed by atoms with Crippen LogP contribution < -0.4 is 0 Å². The zero-order chi connectivity index (χ0) is 16.1. The molecule has 1 fully saturated rings. The van der Waals surface area contributed by atoms with Gasteiger partial charge in [-0.25, -0.2) is 0 Å². The van der Waals surface area contributed by atoms with Crippen LogP contribution >= 0.6 is 11.6 Å². The molecule has 0 N–H and O–H groups in total. The number of carbonyl (C=O) groups is 1. The fourth-order valence-corrected chi connectivity index (χ4v) is 3.36. The van der Waals surface area contributed by atoms with E-state index < -0.39 is 0 Å². The van der Waals surface area contributed by atoms with Gasteiger partial charge in [-0.05, 0) is 61.1 Å². The van der Waals surface area contributed by atoms with E-state index in [0.29, 0.717) is 6.42 Å². The first kappa shape index (κ1) is 16.0. The largest absolute Gasteiger partial charge is 0.336 e. The molecule has 0 radical (unpaired) electrons. The topological polar surface area (TPSA) is 33.2 Å². The highest BCUT2D eigenvalue weighted by atomic mass is 35.5. The molecule has 1 saturated heterocycles. The second kappa shape index (κ2) is 7.60. The highest BCUT2D eigenvalue weighted by molar-refractivity contribution is 6.30. The highest BCUT2D eigenvalue weighted by Gasteiger charge is 2.29. The summed E-state index contributed by atoms with van der Waals surface area (Å²) < 4.78 is 0. The molecule has 1 aromatic carbocycles. The molecule has 0 saturated carbocycles. The third-order valence-corrected chi connectivity index (χ3v) is 4.69. The predicted molar refractivity (Wildman–Crippen MR) is 92.3 cm³/mol. The summed E-state index contributed by atoms with van der Waals surface area (Å²) in [5.41, 5.74) is 2.43. The van der Waals surface area contributed by atoms with Gasteiger partial charge in [0.2, 0.25) is 5.91 Å². The maximum absolute atomic E-state index is 12.6. The Balaban J connectivity index is 1.54. The van der Waals surface area contributed by atoms with Crippen LogP contribution in [0, 0.1) is 0 Å². The number of hydrogen-bond donors (Lipinski definition) is 0. The lowest BCUT2D eigenvalue weighted by Gasteiger charge is -2.25. The minimum absolute atomic E-state index is 0.223. The molecule has 2 aromatic rings. The summed E-state index contributed by atoms with van der Waals surface area (Å²) in [7, 11) is 0. The van der Waals surface area contributed by atoms with Crippen LogP contribution in [0.3, 0.4) is 0 Å². The van der Waals surface area contributed by atoms with Crippen LogP contribution in [0.4, 0.5) is 0 Å². The molecule has 0 aliphatic carbocycles. The van der Waals surface area contributed by atoms with E-state index in [0.717, 1.165) is 37.3 Å². The smallest absolute Gasteiger partial charge is 0.223 e. The molecule has 3 rings (SSSR count). The normalized spacial score (nSPS) is 17.4. The molecule has 120 valence electrons. The number of aryl methyl sites for hydroxylation is 1. The molecule has 1 aliphatic rings. The number of nitrogens with zero attached hydrogens (tertiary/aromatic N) is 2. The van der Waals surface area contributed by atoms with Crippen LogP contribution in [-0.2, 0) is 11.2 Å². The van der Waals surface area contributed by atoms with Crippen molar-refractivity contribution in [1.29, 1.82) is 0 Å². The molecule has 0 bridgehead atoms. The SMILES string of the molecule is O=C(CCCc1ccc(Cl)cc1)N1CCCC1c1ccncc1. The Kier molecular flexibility index (Phi) is 5.29. The van der Waals surface area contributed by atoms with Gasteiger partial charge in [-0.2, -0.15) is 0 Å². The van der Waals surface area contributed by atoms with Gasteiger partial charge >= 0.3 is 0 Å². The lowest BCUT2D eigenvalue weighted by atomic mass is 10.0. The Morgan fingerprint density at radius 1 is 1.17 bits per heavy atom. The maximum atomic E-state index is 12.6. The Morgan fingerprint density at radius 3 is 2.65 bits per heavy atom. The van der Waals surface area contributed by atoms with Gasteiger partial charge in [0.1, 0.15) is 0 Å². The van der Waals surface area contributed by atoms with E-state index in [1.54, 1.807) is 12.4 Å². The first-order chi connectivity index (χ1) is 11.2. The number of halogens is 1. The number of benzene rings is 1. The monoisotopic (exact) mass is 328 g/mol. The van der Waals surface area contributed by atoms with Crippen LogP contribution in [0.5, 0.6) is 0 Å². The molecular weight excluding hydrogens is 308 g/mol. The van der Waals surface area contributed by atoms with Gasteiger partial charge in [0, 0.05) is 30.4 Å². The number of pyridine rings is 1. The Hall–Kier alpha value is -1.87. The van der Waals surface area contributed by atoms with Gasteiger partial charge in [-0.3, -0.25) is 9.78 Å². The standard InChI is InChI=1S/C19H21ClN2O/c20-17-8-6-15(7-9-17)3-1-5-19(23)22-14-2-4-18(22)16-10-12-21-13-11-16/h6-13,18H,1-5,14H2.